The number of halogens is 1. The van der Waals surface area contributed by atoms with Crippen molar-refractivity contribution < 1.29 is 23.1 Å². The zero-order chi connectivity index (χ0) is 26.4. The molecule has 2 unspecified atom stereocenters. The van der Waals surface area contributed by atoms with Gasteiger partial charge in [-0.25, -0.2) is 4.39 Å². The Labute approximate surface area is 215 Å². The lowest BCUT2D eigenvalue weighted by Crippen LogP contribution is -2.48. The molecule has 3 aromatic rings. The van der Waals surface area contributed by atoms with E-state index < -0.39 is 6.04 Å². The number of aryl methyl sites for hydroxylation is 1. The van der Waals surface area contributed by atoms with Crippen LogP contribution in [0.25, 0.3) is 11.4 Å². The maximum Gasteiger partial charge on any atom is 0.250 e. The first kappa shape index (κ1) is 26.5. The number of nitrogens with zero attached hydrogens (tertiary/aromatic N) is 5. The van der Waals surface area contributed by atoms with E-state index in [2.05, 4.69) is 34.6 Å². The lowest BCUT2D eigenvalue weighted by atomic mass is 10.1. The molecule has 1 aromatic carbocycles. The second-order valence-electron chi connectivity index (χ2n) is 9.66. The predicted molar refractivity (Wildman–Crippen MR) is 133 cm³/mol. The van der Waals surface area contributed by atoms with E-state index in [1.54, 1.807) is 31.2 Å². The van der Waals surface area contributed by atoms with Gasteiger partial charge in [0.1, 0.15) is 23.9 Å². The minimum atomic E-state index is -0.974. The highest BCUT2D eigenvalue weighted by Gasteiger charge is 2.36. The molecule has 1 aliphatic rings. The van der Waals surface area contributed by atoms with Crippen molar-refractivity contribution in [3.63, 3.8) is 0 Å². The molecule has 11 heteroatoms. The number of carbonyl (C=O) groups is 2. The Morgan fingerprint density at radius 2 is 2.00 bits per heavy atom. The topological polar surface area (TPSA) is 115 Å². The van der Waals surface area contributed by atoms with E-state index in [4.69, 9.17) is 9.15 Å². The quantitative estimate of drug-likeness (QED) is 0.419. The van der Waals surface area contributed by atoms with Crippen molar-refractivity contribution in [1.29, 1.82) is 0 Å². The highest BCUT2D eigenvalue weighted by atomic mass is 19.1. The third-order valence-corrected chi connectivity index (χ3v) is 6.19. The fourth-order valence-corrected chi connectivity index (χ4v) is 4.20. The molecule has 0 saturated carbocycles. The molecule has 0 bridgehead atoms. The maximum atomic E-state index is 13.7. The van der Waals surface area contributed by atoms with Gasteiger partial charge in [0.05, 0.1) is 6.10 Å². The fraction of sp³-hybridized carbons (Fsp3) is 0.500. The van der Waals surface area contributed by atoms with Gasteiger partial charge in [0, 0.05) is 25.3 Å². The van der Waals surface area contributed by atoms with E-state index in [0.717, 1.165) is 19.3 Å². The predicted octanol–water partition coefficient (Wildman–Crippen LogP) is 3.29. The molecule has 4 rings (SSSR count). The van der Waals surface area contributed by atoms with Crippen LogP contribution in [0.1, 0.15) is 50.7 Å². The van der Waals surface area contributed by atoms with Crippen LogP contribution in [-0.4, -0.2) is 62.7 Å². The van der Waals surface area contributed by atoms with Gasteiger partial charge in [0.15, 0.2) is 6.04 Å². The van der Waals surface area contributed by atoms with Gasteiger partial charge in [-0.05, 0) is 73.7 Å². The van der Waals surface area contributed by atoms with E-state index in [0.29, 0.717) is 36.2 Å². The molecule has 2 amide bonds. The lowest BCUT2D eigenvalue weighted by molar-refractivity contribution is -0.144. The Kier molecular flexibility index (Phi) is 8.65. The summed E-state index contributed by atoms with van der Waals surface area (Å²) in [5.74, 6) is 0.635. The molecule has 0 spiro atoms. The standard InChI is InChI=1S/C26H33FN6O4/c1-17(2)12-13-28-26(35)24(22-11-6-18(3)37-22)32(15-21-5-4-14-36-21)23(34)16-33-30-25(29-31-33)19-7-9-20(27)10-8-19/h6-11,17,21,24H,4-5,12-16H2,1-3H3,(H,28,35). The highest BCUT2D eigenvalue weighted by Crippen LogP contribution is 2.26. The molecule has 0 aliphatic carbocycles. The number of aromatic nitrogens is 4. The number of tetrazole rings is 1. The molecule has 10 nitrogen and oxygen atoms in total. The Morgan fingerprint density at radius 1 is 1.22 bits per heavy atom. The van der Waals surface area contributed by atoms with Crippen LogP contribution >= 0.6 is 0 Å². The maximum absolute atomic E-state index is 13.7. The van der Waals surface area contributed by atoms with Gasteiger partial charge in [-0.3, -0.25) is 9.59 Å². The minimum Gasteiger partial charge on any atom is -0.464 e. The average molecular weight is 513 g/mol. The van der Waals surface area contributed by atoms with Crippen LogP contribution in [0.15, 0.2) is 40.8 Å². The lowest BCUT2D eigenvalue weighted by Gasteiger charge is -2.31. The Hall–Kier alpha value is -3.60. The first-order valence-corrected chi connectivity index (χ1v) is 12.6. The minimum absolute atomic E-state index is 0.190. The van der Waals surface area contributed by atoms with Crippen molar-refractivity contribution in [2.24, 2.45) is 5.92 Å². The summed E-state index contributed by atoms with van der Waals surface area (Å²) in [6.07, 6.45) is 2.30. The van der Waals surface area contributed by atoms with Crippen molar-refractivity contribution in [3.8, 4) is 11.4 Å². The van der Waals surface area contributed by atoms with Crippen LogP contribution in [0.2, 0.25) is 0 Å². The van der Waals surface area contributed by atoms with Gasteiger partial charge >= 0.3 is 0 Å². The molecule has 2 aromatic heterocycles. The van der Waals surface area contributed by atoms with E-state index in [9.17, 15) is 14.0 Å². The first-order chi connectivity index (χ1) is 17.8. The Morgan fingerprint density at radius 3 is 2.65 bits per heavy atom. The number of ether oxygens (including phenoxy) is 1. The zero-order valence-corrected chi connectivity index (χ0v) is 21.4. The summed E-state index contributed by atoms with van der Waals surface area (Å²) < 4.78 is 24.9. The molecule has 2 atom stereocenters. The third-order valence-electron chi connectivity index (χ3n) is 6.19. The Balaban J connectivity index is 1.58. The molecule has 1 aliphatic heterocycles. The second kappa shape index (κ2) is 12.1. The van der Waals surface area contributed by atoms with Crippen molar-refractivity contribution in [2.75, 3.05) is 19.7 Å². The molecule has 3 heterocycles. The van der Waals surface area contributed by atoms with E-state index >= 15 is 0 Å². The van der Waals surface area contributed by atoms with Crippen LogP contribution in [0.4, 0.5) is 4.39 Å². The number of nitrogens with one attached hydrogen (secondary N) is 1. The number of hydrogen-bond acceptors (Lipinski definition) is 7. The molecular weight excluding hydrogens is 479 g/mol. The van der Waals surface area contributed by atoms with Gasteiger partial charge in [-0.2, -0.15) is 4.80 Å². The van der Waals surface area contributed by atoms with E-state index in [1.807, 2.05) is 0 Å². The third kappa shape index (κ3) is 7.00. The average Bonchev–Trinajstić information content (AvgIpc) is 3.62. The van der Waals surface area contributed by atoms with E-state index in [1.165, 1.54) is 21.8 Å². The summed E-state index contributed by atoms with van der Waals surface area (Å²) in [6, 6.07) is 8.21. The van der Waals surface area contributed by atoms with Crippen LogP contribution in [0, 0.1) is 18.7 Å². The number of furan rings is 1. The molecule has 37 heavy (non-hydrogen) atoms. The summed E-state index contributed by atoms with van der Waals surface area (Å²) in [4.78, 5) is 29.8. The largest absolute Gasteiger partial charge is 0.464 e. The molecule has 1 N–H and O–H groups in total. The highest BCUT2D eigenvalue weighted by molar-refractivity contribution is 5.88. The fourth-order valence-electron chi connectivity index (χ4n) is 4.20. The van der Waals surface area contributed by atoms with Gasteiger partial charge < -0.3 is 19.4 Å². The summed E-state index contributed by atoms with van der Waals surface area (Å²) in [7, 11) is 0. The first-order valence-electron chi connectivity index (χ1n) is 12.6. The molecule has 198 valence electrons. The van der Waals surface area contributed by atoms with Gasteiger partial charge in [-0.15, -0.1) is 10.2 Å². The van der Waals surface area contributed by atoms with Crippen LogP contribution in [0.3, 0.4) is 0 Å². The summed E-state index contributed by atoms with van der Waals surface area (Å²) in [5.41, 5.74) is 0.574. The molecule has 0 radical (unpaired) electrons. The van der Waals surface area contributed by atoms with Crippen molar-refractivity contribution in [1.82, 2.24) is 30.4 Å². The molecule has 1 fully saturated rings. The Bertz CT molecular complexity index is 1190. The molecular formula is C26H33FN6O4. The van der Waals surface area contributed by atoms with E-state index in [-0.39, 0.29) is 42.6 Å². The second-order valence-corrected chi connectivity index (χ2v) is 9.66. The number of benzene rings is 1. The van der Waals surface area contributed by atoms with Crippen LogP contribution in [0.5, 0.6) is 0 Å². The normalized spacial score (nSPS) is 16.2. The molecule has 1 saturated heterocycles. The SMILES string of the molecule is Cc1ccc(C(C(=O)NCCC(C)C)N(CC2CCCO2)C(=O)Cn2nnc(-c3ccc(F)cc3)n2)o1. The number of carbonyl (C=O) groups excluding carboxylic acids is 2. The van der Waals surface area contributed by atoms with Crippen LogP contribution < -0.4 is 5.32 Å². The number of hydrogen-bond donors (Lipinski definition) is 1. The van der Waals surface area contributed by atoms with Crippen molar-refractivity contribution in [3.05, 3.63) is 53.7 Å². The van der Waals surface area contributed by atoms with Gasteiger partial charge in [-0.1, -0.05) is 13.8 Å². The summed E-state index contributed by atoms with van der Waals surface area (Å²) in [6.45, 7) is 7.04. The van der Waals surface area contributed by atoms with Crippen molar-refractivity contribution >= 4 is 11.8 Å². The van der Waals surface area contributed by atoms with Gasteiger partial charge in [0.2, 0.25) is 11.7 Å². The van der Waals surface area contributed by atoms with Crippen LogP contribution in [-0.2, 0) is 20.9 Å². The van der Waals surface area contributed by atoms with Gasteiger partial charge in [0.25, 0.3) is 5.91 Å². The zero-order valence-electron chi connectivity index (χ0n) is 21.4. The monoisotopic (exact) mass is 512 g/mol. The number of rotatable bonds is 11. The smallest absolute Gasteiger partial charge is 0.250 e. The summed E-state index contributed by atoms with van der Waals surface area (Å²) in [5, 5.41) is 15.2. The van der Waals surface area contributed by atoms with Crippen molar-refractivity contribution in [2.45, 2.75) is 58.7 Å². The number of amides is 2. The summed E-state index contributed by atoms with van der Waals surface area (Å²) >= 11 is 0.